The van der Waals surface area contributed by atoms with E-state index in [0.29, 0.717) is 12.0 Å². The maximum absolute atomic E-state index is 12.6. The van der Waals surface area contributed by atoms with Gasteiger partial charge in [0.1, 0.15) is 5.78 Å². The van der Waals surface area contributed by atoms with Gasteiger partial charge in [0.25, 0.3) is 0 Å². The molecule has 1 rings (SSSR count). The van der Waals surface area contributed by atoms with Crippen molar-refractivity contribution < 1.29 is 19.1 Å². The second kappa shape index (κ2) is 8.22. The van der Waals surface area contributed by atoms with Crippen LogP contribution in [0.3, 0.4) is 0 Å². The molecule has 0 heterocycles. The zero-order chi connectivity index (χ0) is 18.5. The molecule has 0 aromatic rings. The molecule has 0 aliphatic heterocycles. The number of hydrogen-bond donors (Lipinski definition) is 0. The zero-order valence-corrected chi connectivity index (χ0v) is 15.6. The van der Waals surface area contributed by atoms with Crippen LogP contribution >= 0.6 is 0 Å². The van der Waals surface area contributed by atoms with E-state index < -0.39 is 12.1 Å². The molecule has 132 valence electrons. The van der Waals surface area contributed by atoms with Crippen molar-refractivity contribution in [1.29, 1.82) is 0 Å². The summed E-state index contributed by atoms with van der Waals surface area (Å²) >= 11 is 0. The fourth-order valence-corrected chi connectivity index (χ4v) is 2.80. The topological polar surface area (TPSA) is 60.4 Å². The highest BCUT2D eigenvalue weighted by Crippen LogP contribution is 2.40. The van der Waals surface area contributed by atoms with E-state index in [1.165, 1.54) is 6.92 Å². The van der Waals surface area contributed by atoms with Crippen LogP contribution in [-0.2, 0) is 19.1 Å². The van der Waals surface area contributed by atoms with Crippen molar-refractivity contribution in [2.45, 2.75) is 66.9 Å². The lowest BCUT2D eigenvalue weighted by atomic mass is 9.71. The van der Waals surface area contributed by atoms with Gasteiger partial charge in [0.2, 0.25) is 0 Å². The van der Waals surface area contributed by atoms with Crippen LogP contribution in [0.4, 0.5) is 0 Å². The summed E-state index contributed by atoms with van der Waals surface area (Å²) in [7, 11) is 0. The number of ketones is 2. The Morgan fingerprint density at radius 2 is 1.88 bits per heavy atom. The zero-order valence-electron chi connectivity index (χ0n) is 15.6. The summed E-state index contributed by atoms with van der Waals surface area (Å²) in [5.74, 6) is -0.704. The van der Waals surface area contributed by atoms with E-state index in [0.717, 1.165) is 11.1 Å². The van der Waals surface area contributed by atoms with Gasteiger partial charge in [-0.3, -0.25) is 9.59 Å². The molecule has 4 nitrogen and oxygen atoms in total. The first kappa shape index (κ1) is 20.1. The van der Waals surface area contributed by atoms with Crippen molar-refractivity contribution in [2.75, 3.05) is 0 Å². The minimum atomic E-state index is -0.764. The smallest absolute Gasteiger partial charge is 0.306 e. The van der Waals surface area contributed by atoms with E-state index in [-0.39, 0.29) is 29.8 Å². The van der Waals surface area contributed by atoms with Crippen LogP contribution in [0.25, 0.3) is 0 Å². The van der Waals surface area contributed by atoms with Crippen molar-refractivity contribution >= 4 is 17.5 Å². The monoisotopic (exact) mass is 332 g/mol. The van der Waals surface area contributed by atoms with E-state index in [9.17, 15) is 14.4 Å². The van der Waals surface area contributed by atoms with Crippen LogP contribution in [0.15, 0.2) is 34.9 Å². The summed E-state index contributed by atoms with van der Waals surface area (Å²) in [5.41, 5.74) is 2.46. The summed E-state index contributed by atoms with van der Waals surface area (Å²) in [6.07, 6.45) is 5.83. The average molecular weight is 332 g/mol. The number of allylic oxidation sites excluding steroid dienone is 5. The minimum absolute atomic E-state index is 0.0234. The fraction of sp³-hybridized carbons (Fsp3) is 0.550. The summed E-state index contributed by atoms with van der Waals surface area (Å²) in [5, 5.41) is 0. The third kappa shape index (κ3) is 5.29. The van der Waals surface area contributed by atoms with Gasteiger partial charge in [-0.15, -0.1) is 0 Å². The molecule has 1 aliphatic rings. The molecule has 1 unspecified atom stereocenters. The molecule has 0 radical (unpaired) electrons. The molecule has 0 aromatic heterocycles. The lowest BCUT2D eigenvalue weighted by Crippen LogP contribution is -2.39. The maximum atomic E-state index is 12.6. The first-order chi connectivity index (χ1) is 11.1. The molecular formula is C20H28O4. The van der Waals surface area contributed by atoms with Gasteiger partial charge in [0, 0.05) is 12.8 Å². The molecule has 0 N–H and O–H groups in total. The SMILES string of the molecule is C/C=C(C)/C=C/C1=C(C)C(=O)C(OC(=O)CCC(C)=O)CC1(C)C. The fourth-order valence-electron chi connectivity index (χ4n) is 2.80. The number of esters is 1. The third-order valence-electron chi connectivity index (χ3n) is 4.41. The molecule has 4 heteroatoms. The van der Waals surface area contributed by atoms with Gasteiger partial charge in [0.05, 0.1) is 6.42 Å². The highest BCUT2D eigenvalue weighted by atomic mass is 16.5. The van der Waals surface area contributed by atoms with Crippen molar-refractivity contribution in [1.82, 2.24) is 0 Å². The Labute approximate surface area is 144 Å². The Morgan fingerprint density at radius 3 is 2.42 bits per heavy atom. The van der Waals surface area contributed by atoms with Crippen molar-refractivity contribution in [3.63, 3.8) is 0 Å². The molecule has 0 aromatic carbocycles. The summed E-state index contributed by atoms with van der Waals surface area (Å²) < 4.78 is 5.34. The van der Waals surface area contributed by atoms with Gasteiger partial charge in [-0.2, -0.15) is 0 Å². The predicted octanol–water partition coefficient (Wildman–Crippen LogP) is 4.11. The highest BCUT2D eigenvalue weighted by Gasteiger charge is 2.39. The second-order valence-electron chi connectivity index (χ2n) is 7.04. The Hall–Kier alpha value is -1.97. The van der Waals surface area contributed by atoms with E-state index in [4.69, 9.17) is 4.74 Å². The first-order valence-electron chi connectivity index (χ1n) is 8.34. The number of rotatable bonds is 6. The van der Waals surface area contributed by atoms with E-state index in [1.807, 2.05) is 45.9 Å². The normalized spacial score (nSPS) is 21.3. The van der Waals surface area contributed by atoms with Crippen molar-refractivity contribution in [3.8, 4) is 0 Å². The number of ether oxygens (including phenoxy) is 1. The van der Waals surface area contributed by atoms with Crippen LogP contribution in [-0.4, -0.2) is 23.6 Å². The van der Waals surface area contributed by atoms with E-state index in [1.54, 1.807) is 6.92 Å². The van der Waals surface area contributed by atoms with Crippen LogP contribution < -0.4 is 0 Å². The average Bonchev–Trinajstić information content (AvgIpc) is 2.49. The van der Waals surface area contributed by atoms with Gasteiger partial charge in [-0.1, -0.05) is 37.6 Å². The molecule has 1 aliphatic carbocycles. The lowest BCUT2D eigenvalue weighted by molar-refractivity contribution is -0.156. The largest absolute Gasteiger partial charge is 0.454 e. The van der Waals surface area contributed by atoms with Crippen LogP contribution in [0, 0.1) is 5.41 Å². The van der Waals surface area contributed by atoms with Gasteiger partial charge < -0.3 is 9.53 Å². The number of carbonyl (C=O) groups is 3. The molecule has 0 spiro atoms. The molecule has 0 saturated heterocycles. The Balaban J connectivity index is 2.96. The summed E-state index contributed by atoms with van der Waals surface area (Å²) in [6.45, 7) is 11.3. The first-order valence-corrected chi connectivity index (χ1v) is 8.34. The van der Waals surface area contributed by atoms with Gasteiger partial charge in [-0.05, 0) is 44.3 Å². The minimum Gasteiger partial charge on any atom is -0.454 e. The molecule has 1 atom stereocenters. The van der Waals surface area contributed by atoms with Crippen molar-refractivity contribution in [2.24, 2.45) is 5.41 Å². The Morgan fingerprint density at radius 1 is 1.25 bits per heavy atom. The highest BCUT2D eigenvalue weighted by molar-refractivity contribution is 6.01. The Bertz CT molecular complexity index is 618. The molecule has 0 fully saturated rings. The quantitative estimate of drug-likeness (QED) is 0.542. The number of hydrogen-bond acceptors (Lipinski definition) is 4. The second-order valence-corrected chi connectivity index (χ2v) is 7.04. The molecule has 0 amide bonds. The lowest BCUT2D eigenvalue weighted by Gasteiger charge is -2.36. The molecule has 24 heavy (non-hydrogen) atoms. The standard InChI is InChI=1S/C20H28O4/c1-7-13(2)8-10-16-15(4)19(23)17(12-20(16,5)6)24-18(22)11-9-14(3)21/h7-8,10,17H,9,11-12H2,1-6H3/b10-8+,13-7+. The van der Waals surface area contributed by atoms with Crippen LogP contribution in [0.2, 0.25) is 0 Å². The van der Waals surface area contributed by atoms with E-state index in [2.05, 4.69) is 0 Å². The van der Waals surface area contributed by atoms with Crippen LogP contribution in [0.5, 0.6) is 0 Å². The summed E-state index contributed by atoms with van der Waals surface area (Å²) in [6, 6.07) is 0. The van der Waals surface area contributed by atoms with Gasteiger partial charge >= 0.3 is 5.97 Å². The van der Waals surface area contributed by atoms with Gasteiger partial charge in [0.15, 0.2) is 11.9 Å². The third-order valence-corrected chi connectivity index (χ3v) is 4.41. The predicted molar refractivity (Wildman–Crippen MR) is 94.5 cm³/mol. The number of Topliss-reactive ketones (excluding diaryl/α,β-unsaturated/α-hetero) is 2. The molecule has 0 saturated carbocycles. The van der Waals surface area contributed by atoms with E-state index >= 15 is 0 Å². The summed E-state index contributed by atoms with van der Waals surface area (Å²) in [4.78, 5) is 35.4. The van der Waals surface area contributed by atoms with Crippen LogP contribution in [0.1, 0.15) is 60.8 Å². The van der Waals surface area contributed by atoms with Crippen molar-refractivity contribution in [3.05, 3.63) is 34.9 Å². The van der Waals surface area contributed by atoms with Gasteiger partial charge in [-0.25, -0.2) is 0 Å². The number of carbonyl (C=O) groups excluding carboxylic acids is 3. The molecular weight excluding hydrogens is 304 g/mol. The maximum Gasteiger partial charge on any atom is 0.306 e. The molecule has 0 bridgehead atoms. The Kier molecular flexibility index (Phi) is 6.88.